The summed E-state index contributed by atoms with van der Waals surface area (Å²) in [7, 11) is 1.46. The van der Waals surface area contributed by atoms with Gasteiger partial charge in [-0.25, -0.2) is 0 Å². The lowest BCUT2D eigenvalue weighted by atomic mass is 10.1. The normalized spacial score (nSPS) is 19.6. The Morgan fingerprint density at radius 1 is 1.56 bits per heavy atom. The first-order chi connectivity index (χ1) is 7.48. The largest absolute Gasteiger partial charge is 0.468 e. The molecule has 1 rings (SSSR count). The van der Waals surface area contributed by atoms with Gasteiger partial charge in [0.1, 0.15) is 5.54 Å². The van der Waals surface area contributed by atoms with E-state index in [1.165, 1.54) is 20.0 Å². The summed E-state index contributed by atoms with van der Waals surface area (Å²) < 4.78 is 4.89. The number of esters is 1. The molecule has 1 saturated carbocycles. The van der Waals surface area contributed by atoms with E-state index in [2.05, 4.69) is 19.2 Å². The Balaban J connectivity index is 2.44. The van der Waals surface area contributed by atoms with Crippen molar-refractivity contribution in [1.29, 1.82) is 0 Å². The van der Waals surface area contributed by atoms with Crippen LogP contribution in [0.1, 0.15) is 33.6 Å². The van der Waals surface area contributed by atoms with Crippen LogP contribution in [0.3, 0.4) is 0 Å². The van der Waals surface area contributed by atoms with Crippen molar-refractivity contribution in [3.8, 4) is 0 Å². The molecule has 1 fully saturated rings. The van der Waals surface area contributed by atoms with Crippen molar-refractivity contribution in [1.82, 2.24) is 5.32 Å². The number of methoxy groups -OCH3 is 1. The van der Waals surface area contributed by atoms with Gasteiger partial charge in [0.2, 0.25) is 0 Å². The highest BCUT2D eigenvalue weighted by atomic mass is 32.2. The third kappa shape index (κ3) is 4.34. The van der Waals surface area contributed by atoms with Crippen LogP contribution in [0.5, 0.6) is 0 Å². The molecular weight excluding hydrogens is 222 g/mol. The third-order valence-electron chi connectivity index (χ3n) is 2.58. The van der Waals surface area contributed by atoms with Crippen LogP contribution >= 0.6 is 11.8 Å². The second kappa shape index (κ2) is 5.92. The van der Waals surface area contributed by atoms with Crippen molar-refractivity contribution >= 4 is 17.7 Å². The lowest BCUT2D eigenvalue weighted by molar-refractivity contribution is -0.147. The van der Waals surface area contributed by atoms with Gasteiger partial charge in [0.05, 0.1) is 7.11 Å². The minimum atomic E-state index is -0.518. The molecule has 1 unspecified atom stereocenters. The Bertz CT molecular complexity index is 241. The topological polar surface area (TPSA) is 38.3 Å². The fraction of sp³-hybridized carbons (Fsp3) is 0.917. The monoisotopic (exact) mass is 245 g/mol. The van der Waals surface area contributed by atoms with Gasteiger partial charge in [-0.1, -0.05) is 13.8 Å². The maximum absolute atomic E-state index is 11.8. The summed E-state index contributed by atoms with van der Waals surface area (Å²) in [4.78, 5) is 11.8. The highest BCUT2D eigenvalue weighted by molar-refractivity contribution is 7.99. The van der Waals surface area contributed by atoms with E-state index in [9.17, 15) is 4.79 Å². The molecular formula is C12H23NO2S. The van der Waals surface area contributed by atoms with E-state index in [-0.39, 0.29) is 5.97 Å². The smallest absolute Gasteiger partial charge is 0.326 e. The number of nitrogens with one attached hydrogen (secondary N) is 1. The van der Waals surface area contributed by atoms with Crippen molar-refractivity contribution in [2.24, 2.45) is 5.92 Å². The van der Waals surface area contributed by atoms with Crippen LogP contribution in [-0.4, -0.2) is 36.2 Å². The molecule has 0 heterocycles. The molecule has 1 N–H and O–H groups in total. The average molecular weight is 245 g/mol. The van der Waals surface area contributed by atoms with Crippen LogP contribution in [0.15, 0.2) is 0 Å². The van der Waals surface area contributed by atoms with Gasteiger partial charge >= 0.3 is 5.97 Å². The van der Waals surface area contributed by atoms with E-state index in [0.717, 1.165) is 11.5 Å². The van der Waals surface area contributed by atoms with E-state index < -0.39 is 5.54 Å². The van der Waals surface area contributed by atoms with Crippen molar-refractivity contribution in [2.45, 2.75) is 45.2 Å². The molecule has 16 heavy (non-hydrogen) atoms. The Morgan fingerprint density at radius 3 is 2.62 bits per heavy atom. The Kier molecular flexibility index (Phi) is 5.12. The van der Waals surface area contributed by atoms with Crippen molar-refractivity contribution in [3.63, 3.8) is 0 Å². The number of thioether (sulfide) groups is 1. The fourth-order valence-electron chi connectivity index (χ4n) is 1.56. The molecule has 1 atom stereocenters. The van der Waals surface area contributed by atoms with Crippen LogP contribution in [-0.2, 0) is 9.53 Å². The molecule has 0 aromatic carbocycles. The van der Waals surface area contributed by atoms with Gasteiger partial charge in [-0.2, -0.15) is 11.8 Å². The summed E-state index contributed by atoms with van der Waals surface area (Å²) in [5, 5.41) is 3.40. The minimum Gasteiger partial charge on any atom is -0.468 e. The molecule has 4 heteroatoms. The molecule has 0 spiro atoms. The van der Waals surface area contributed by atoms with Gasteiger partial charge in [0.25, 0.3) is 0 Å². The van der Waals surface area contributed by atoms with Gasteiger partial charge in [-0.3, -0.25) is 10.1 Å². The van der Waals surface area contributed by atoms with Crippen LogP contribution in [0.4, 0.5) is 0 Å². The van der Waals surface area contributed by atoms with Crippen LogP contribution in [0.2, 0.25) is 0 Å². The number of carbonyl (C=O) groups is 1. The number of hydrogen-bond donors (Lipinski definition) is 1. The summed E-state index contributed by atoms with van der Waals surface area (Å²) >= 11 is 1.82. The number of rotatable bonds is 7. The number of carbonyl (C=O) groups excluding carboxylic acids is 1. The quantitative estimate of drug-likeness (QED) is 0.697. The highest BCUT2D eigenvalue weighted by Crippen LogP contribution is 2.25. The lowest BCUT2D eigenvalue weighted by Crippen LogP contribution is -2.53. The molecule has 94 valence electrons. The summed E-state index contributed by atoms with van der Waals surface area (Å²) in [6.07, 6.45) is 2.36. The first-order valence-electron chi connectivity index (χ1n) is 5.92. The average Bonchev–Trinajstić information content (AvgIpc) is 2.99. The molecule has 1 aliphatic carbocycles. The first kappa shape index (κ1) is 13.8. The molecule has 1 aliphatic rings. The predicted octanol–water partition coefficient (Wildman–Crippen LogP) is 2.06. The second-order valence-electron chi connectivity index (χ2n) is 5.15. The number of hydrogen-bond acceptors (Lipinski definition) is 4. The highest BCUT2D eigenvalue weighted by Gasteiger charge is 2.39. The summed E-state index contributed by atoms with van der Waals surface area (Å²) in [6, 6.07) is 0.517. The van der Waals surface area contributed by atoms with Gasteiger partial charge in [0.15, 0.2) is 0 Å². The standard InChI is InChI=1S/C12H23NO2S/c1-9(2)7-16-8-12(3,11(14)15-4)13-10-5-6-10/h9-10,13H,5-8H2,1-4H3. The minimum absolute atomic E-state index is 0.143. The van der Waals surface area contributed by atoms with Gasteiger partial charge in [-0.15, -0.1) is 0 Å². The summed E-state index contributed by atoms with van der Waals surface area (Å²) in [5.74, 6) is 2.39. The Labute approximate surface area is 103 Å². The Morgan fingerprint density at radius 2 is 2.19 bits per heavy atom. The van der Waals surface area contributed by atoms with Crippen LogP contribution in [0, 0.1) is 5.92 Å². The van der Waals surface area contributed by atoms with E-state index in [0.29, 0.717) is 12.0 Å². The zero-order chi connectivity index (χ0) is 12.2. The van der Waals surface area contributed by atoms with E-state index in [1.807, 2.05) is 18.7 Å². The van der Waals surface area contributed by atoms with Crippen LogP contribution < -0.4 is 5.32 Å². The fourth-order valence-corrected chi connectivity index (χ4v) is 2.76. The molecule has 0 aromatic rings. The second-order valence-corrected chi connectivity index (χ2v) is 6.18. The van der Waals surface area contributed by atoms with Crippen molar-refractivity contribution in [2.75, 3.05) is 18.6 Å². The first-order valence-corrected chi connectivity index (χ1v) is 7.07. The third-order valence-corrected chi connectivity index (χ3v) is 4.26. The molecule has 0 radical (unpaired) electrons. The SMILES string of the molecule is COC(=O)C(C)(CSCC(C)C)NC1CC1. The van der Waals surface area contributed by atoms with Gasteiger partial charge in [-0.05, 0) is 31.4 Å². The summed E-state index contributed by atoms with van der Waals surface area (Å²) in [5.41, 5.74) is -0.518. The lowest BCUT2D eigenvalue weighted by Gasteiger charge is -2.28. The molecule has 0 bridgehead atoms. The molecule has 0 aliphatic heterocycles. The Hall–Kier alpha value is -0.220. The van der Waals surface area contributed by atoms with Gasteiger partial charge < -0.3 is 4.74 Å². The maximum atomic E-state index is 11.8. The van der Waals surface area contributed by atoms with E-state index in [4.69, 9.17) is 4.74 Å². The maximum Gasteiger partial charge on any atom is 0.326 e. The zero-order valence-corrected chi connectivity index (χ0v) is 11.5. The van der Waals surface area contributed by atoms with Crippen molar-refractivity contribution in [3.05, 3.63) is 0 Å². The van der Waals surface area contributed by atoms with Crippen molar-refractivity contribution < 1.29 is 9.53 Å². The van der Waals surface area contributed by atoms with E-state index >= 15 is 0 Å². The molecule has 3 nitrogen and oxygen atoms in total. The zero-order valence-electron chi connectivity index (χ0n) is 10.7. The summed E-state index contributed by atoms with van der Waals surface area (Å²) in [6.45, 7) is 6.33. The van der Waals surface area contributed by atoms with E-state index in [1.54, 1.807) is 0 Å². The number of ether oxygens (including phenoxy) is 1. The molecule has 0 aromatic heterocycles. The van der Waals surface area contributed by atoms with Crippen LogP contribution in [0.25, 0.3) is 0 Å². The molecule has 0 amide bonds. The molecule has 0 saturated heterocycles. The predicted molar refractivity (Wildman–Crippen MR) is 68.7 cm³/mol. The van der Waals surface area contributed by atoms with Gasteiger partial charge in [0, 0.05) is 11.8 Å².